The molecule has 2 aromatic rings. The van der Waals surface area contributed by atoms with Crippen LogP contribution in [-0.2, 0) is 0 Å². The van der Waals surface area contributed by atoms with E-state index < -0.39 is 0 Å². The summed E-state index contributed by atoms with van der Waals surface area (Å²) in [6.45, 7) is 1.79. The van der Waals surface area contributed by atoms with E-state index in [0.717, 1.165) is 5.56 Å². The minimum absolute atomic E-state index is 0.286. The van der Waals surface area contributed by atoms with Gasteiger partial charge in [0.25, 0.3) is 0 Å². The molecule has 6 nitrogen and oxygen atoms in total. The van der Waals surface area contributed by atoms with Crippen molar-refractivity contribution in [3.05, 3.63) is 42.2 Å². The second kappa shape index (κ2) is 4.06. The minimum atomic E-state index is -0.286. The molecule has 3 rings (SSSR count). The van der Waals surface area contributed by atoms with Crippen LogP contribution in [0, 0.1) is 0 Å². The maximum atomic E-state index is 9.20. The van der Waals surface area contributed by atoms with Gasteiger partial charge >= 0.3 is 0 Å². The molecule has 0 saturated carbocycles. The van der Waals surface area contributed by atoms with Crippen molar-refractivity contribution in [1.29, 1.82) is 0 Å². The molecule has 1 N–H and O–H groups in total. The molecule has 0 spiro atoms. The molecule has 0 saturated heterocycles. The van der Waals surface area contributed by atoms with Crippen molar-refractivity contribution in [2.24, 2.45) is 10.1 Å². The van der Waals surface area contributed by atoms with Crippen molar-refractivity contribution in [3.8, 4) is 0 Å². The quantitative estimate of drug-likeness (QED) is 0.611. The highest BCUT2D eigenvalue weighted by Gasteiger charge is 2.30. The molecule has 0 amide bonds. The van der Waals surface area contributed by atoms with E-state index in [-0.39, 0.29) is 6.04 Å². The number of benzene rings is 1. The van der Waals surface area contributed by atoms with Gasteiger partial charge in [0.2, 0.25) is 5.95 Å². The summed E-state index contributed by atoms with van der Waals surface area (Å²) in [5.74, 6) is 0.522. The summed E-state index contributed by atoms with van der Waals surface area (Å²) < 4.78 is 1.65. The first-order valence-corrected chi connectivity index (χ1v) is 5.53. The van der Waals surface area contributed by atoms with Crippen LogP contribution in [0.15, 0.2) is 46.8 Å². The van der Waals surface area contributed by atoms with Gasteiger partial charge < -0.3 is 5.21 Å². The molecule has 1 aromatic heterocycles. The molecule has 0 radical (unpaired) electrons. The molecular formula is C12H11N5O. The SMILES string of the molecule is CC1=Nc2ncnn2[C@H](c2ccccc2)/C1=N/O. The zero-order valence-corrected chi connectivity index (χ0v) is 9.72. The lowest BCUT2D eigenvalue weighted by Gasteiger charge is -2.23. The Morgan fingerprint density at radius 2 is 2.06 bits per heavy atom. The Bertz CT molecular complexity index is 629. The Kier molecular flexibility index (Phi) is 2.40. The van der Waals surface area contributed by atoms with E-state index in [1.165, 1.54) is 6.33 Å². The van der Waals surface area contributed by atoms with Crippen LogP contribution in [0.4, 0.5) is 5.95 Å². The first-order chi connectivity index (χ1) is 8.81. The van der Waals surface area contributed by atoms with Gasteiger partial charge in [0, 0.05) is 0 Å². The van der Waals surface area contributed by atoms with E-state index in [2.05, 4.69) is 20.2 Å². The fourth-order valence-corrected chi connectivity index (χ4v) is 2.09. The first kappa shape index (κ1) is 10.6. The van der Waals surface area contributed by atoms with Gasteiger partial charge in [0.05, 0.1) is 5.71 Å². The molecule has 18 heavy (non-hydrogen) atoms. The molecule has 0 aliphatic carbocycles. The summed E-state index contributed by atoms with van der Waals surface area (Å²) in [5, 5.41) is 16.7. The predicted octanol–water partition coefficient (Wildman–Crippen LogP) is 1.80. The lowest BCUT2D eigenvalue weighted by atomic mass is 9.98. The third kappa shape index (κ3) is 1.50. The summed E-state index contributed by atoms with van der Waals surface area (Å²) in [4.78, 5) is 8.33. The molecule has 1 aromatic carbocycles. The van der Waals surface area contributed by atoms with Crippen LogP contribution < -0.4 is 0 Å². The molecule has 1 aliphatic heterocycles. The van der Waals surface area contributed by atoms with E-state index in [4.69, 9.17) is 0 Å². The number of nitrogens with zero attached hydrogens (tertiary/aromatic N) is 5. The van der Waals surface area contributed by atoms with E-state index >= 15 is 0 Å². The zero-order valence-electron chi connectivity index (χ0n) is 9.72. The fourth-order valence-electron chi connectivity index (χ4n) is 2.09. The highest BCUT2D eigenvalue weighted by atomic mass is 16.4. The fraction of sp³-hybridized carbons (Fsp3) is 0.167. The number of hydrogen-bond acceptors (Lipinski definition) is 5. The third-order valence-corrected chi connectivity index (χ3v) is 2.92. The van der Waals surface area contributed by atoms with Crippen molar-refractivity contribution in [3.63, 3.8) is 0 Å². The van der Waals surface area contributed by atoms with Crippen LogP contribution in [-0.4, -0.2) is 31.4 Å². The number of rotatable bonds is 1. The molecule has 1 atom stereocenters. The summed E-state index contributed by atoms with van der Waals surface area (Å²) >= 11 is 0. The van der Waals surface area contributed by atoms with Gasteiger partial charge in [-0.3, -0.25) is 0 Å². The highest BCUT2D eigenvalue weighted by Crippen LogP contribution is 2.28. The lowest BCUT2D eigenvalue weighted by Crippen LogP contribution is -2.30. The van der Waals surface area contributed by atoms with Gasteiger partial charge in [-0.25, -0.2) is 9.67 Å². The average molecular weight is 241 g/mol. The number of aromatic nitrogens is 3. The number of hydrogen-bond donors (Lipinski definition) is 1. The lowest BCUT2D eigenvalue weighted by molar-refractivity contribution is 0.316. The molecule has 1 aliphatic rings. The van der Waals surface area contributed by atoms with Gasteiger partial charge in [0.15, 0.2) is 0 Å². The van der Waals surface area contributed by atoms with Crippen molar-refractivity contribution in [2.45, 2.75) is 13.0 Å². The number of aliphatic imine (C=N–C) groups is 1. The molecule has 0 unspecified atom stereocenters. The van der Waals surface area contributed by atoms with Crippen LogP contribution in [0.5, 0.6) is 0 Å². The van der Waals surface area contributed by atoms with Crippen LogP contribution in [0.2, 0.25) is 0 Å². The molecule has 6 heteroatoms. The first-order valence-electron chi connectivity index (χ1n) is 5.53. The number of oxime groups is 1. The van der Waals surface area contributed by atoms with Crippen LogP contribution in [0.25, 0.3) is 0 Å². The molecule has 0 fully saturated rings. The van der Waals surface area contributed by atoms with Gasteiger partial charge in [0.1, 0.15) is 18.1 Å². The maximum absolute atomic E-state index is 9.20. The summed E-state index contributed by atoms with van der Waals surface area (Å²) in [6, 6.07) is 9.43. The Labute approximate surface area is 103 Å². The highest BCUT2D eigenvalue weighted by molar-refractivity contribution is 6.44. The maximum Gasteiger partial charge on any atom is 0.249 e. The Hall–Kier alpha value is -2.50. The smallest absolute Gasteiger partial charge is 0.249 e. The van der Waals surface area contributed by atoms with Gasteiger partial charge in [-0.15, -0.1) is 0 Å². The molecular weight excluding hydrogens is 230 g/mol. The van der Waals surface area contributed by atoms with Gasteiger partial charge in [-0.2, -0.15) is 10.1 Å². The second-order valence-corrected chi connectivity index (χ2v) is 4.00. The van der Waals surface area contributed by atoms with Crippen molar-refractivity contribution < 1.29 is 5.21 Å². The predicted molar refractivity (Wildman–Crippen MR) is 66.6 cm³/mol. The largest absolute Gasteiger partial charge is 0.411 e. The number of fused-ring (bicyclic) bond motifs is 1. The van der Waals surface area contributed by atoms with Crippen LogP contribution in [0.1, 0.15) is 18.5 Å². The average Bonchev–Trinajstić information content (AvgIpc) is 2.85. The normalized spacial score (nSPS) is 20.6. The van der Waals surface area contributed by atoms with E-state index in [1.54, 1.807) is 11.6 Å². The van der Waals surface area contributed by atoms with Crippen LogP contribution >= 0.6 is 0 Å². The van der Waals surface area contributed by atoms with Crippen molar-refractivity contribution in [2.75, 3.05) is 0 Å². The van der Waals surface area contributed by atoms with E-state index in [1.807, 2.05) is 30.3 Å². The van der Waals surface area contributed by atoms with E-state index in [9.17, 15) is 5.21 Å². The van der Waals surface area contributed by atoms with Crippen LogP contribution in [0.3, 0.4) is 0 Å². The topological polar surface area (TPSA) is 75.7 Å². The van der Waals surface area contributed by atoms with E-state index in [0.29, 0.717) is 17.4 Å². The van der Waals surface area contributed by atoms with Crippen molar-refractivity contribution in [1.82, 2.24) is 14.8 Å². The Balaban J connectivity index is 2.21. The van der Waals surface area contributed by atoms with Crippen molar-refractivity contribution >= 4 is 17.4 Å². The molecule has 90 valence electrons. The summed E-state index contributed by atoms with van der Waals surface area (Å²) in [7, 11) is 0. The second-order valence-electron chi connectivity index (χ2n) is 4.00. The Morgan fingerprint density at radius 1 is 1.28 bits per heavy atom. The minimum Gasteiger partial charge on any atom is -0.411 e. The zero-order chi connectivity index (χ0) is 12.5. The molecule has 0 bridgehead atoms. The molecule has 2 heterocycles. The standard InChI is InChI=1S/C12H11N5O/c1-8-10(16-18)11(9-5-3-2-4-6-9)17-12(15-8)13-7-14-17/h2-7,11,18H,1H3/b16-10+/t11-/m1/s1. The van der Waals surface area contributed by atoms with Gasteiger partial charge in [-0.05, 0) is 12.5 Å². The van der Waals surface area contributed by atoms with Gasteiger partial charge in [-0.1, -0.05) is 35.5 Å². The monoisotopic (exact) mass is 241 g/mol. The Morgan fingerprint density at radius 3 is 2.78 bits per heavy atom. The summed E-state index contributed by atoms with van der Waals surface area (Å²) in [5.41, 5.74) is 2.11. The summed E-state index contributed by atoms with van der Waals surface area (Å²) in [6.07, 6.45) is 1.45. The third-order valence-electron chi connectivity index (χ3n) is 2.92.